The number of ether oxygens (including phenoxy) is 2. The van der Waals surface area contributed by atoms with Crippen molar-refractivity contribution in [3.05, 3.63) is 59.4 Å². The lowest BCUT2D eigenvalue weighted by atomic mass is 9.99. The van der Waals surface area contributed by atoms with E-state index in [2.05, 4.69) is 10.3 Å². The molecule has 1 N–H and O–H groups in total. The zero-order valence-corrected chi connectivity index (χ0v) is 20.1. The first-order valence-electron chi connectivity index (χ1n) is 11.2. The van der Waals surface area contributed by atoms with Crippen molar-refractivity contribution in [3.63, 3.8) is 0 Å². The van der Waals surface area contributed by atoms with E-state index in [9.17, 15) is 14.4 Å². The maximum Gasteiger partial charge on any atom is 0.306 e. The summed E-state index contributed by atoms with van der Waals surface area (Å²) in [6.07, 6.45) is 4.78. The van der Waals surface area contributed by atoms with Gasteiger partial charge in [0.05, 0.1) is 6.61 Å². The molecule has 3 rings (SSSR count). The summed E-state index contributed by atoms with van der Waals surface area (Å²) in [5.41, 5.74) is 2.72. The second-order valence-corrected chi connectivity index (χ2v) is 9.79. The van der Waals surface area contributed by atoms with Crippen molar-refractivity contribution in [1.82, 2.24) is 10.3 Å². The predicted octanol–water partition coefficient (Wildman–Crippen LogP) is 4.78. The molecule has 8 heteroatoms. The normalized spacial score (nSPS) is 18.6. The van der Waals surface area contributed by atoms with Crippen LogP contribution in [-0.2, 0) is 27.2 Å². The van der Waals surface area contributed by atoms with E-state index < -0.39 is 4.75 Å². The molecule has 0 saturated carbocycles. The summed E-state index contributed by atoms with van der Waals surface area (Å²) in [6.45, 7) is 6.14. The molecule has 1 aromatic heterocycles. The van der Waals surface area contributed by atoms with E-state index in [4.69, 9.17) is 9.47 Å². The predicted molar refractivity (Wildman–Crippen MR) is 127 cm³/mol. The van der Waals surface area contributed by atoms with Gasteiger partial charge in [0.25, 0.3) is 5.24 Å². The molecule has 176 valence electrons. The molecule has 1 aliphatic rings. The highest BCUT2D eigenvalue weighted by molar-refractivity contribution is 8.16. The van der Waals surface area contributed by atoms with E-state index in [0.29, 0.717) is 25.9 Å². The molecule has 0 radical (unpaired) electrons. The Labute approximate surface area is 198 Å². The summed E-state index contributed by atoms with van der Waals surface area (Å²) >= 11 is 1.03. The van der Waals surface area contributed by atoms with E-state index in [-0.39, 0.29) is 23.2 Å². The Bertz CT molecular complexity index is 977. The number of nitrogens with one attached hydrogen (secondary N) is 1. The number of carbonyl (C=O) groups is 3. The Morgan fingerprint density at radius 3 is 2.55 bits per heavy atom. The third-order valence-electron chi connectivity index (χ3n) is 5.47. The van der Waals surface area contributed by atoms with Crippen LogP contribution >= 0.6 is 11.8 Å². The monoisotopic (exact) mass is 470 g/mol. The fourth-order valence-corrected chi connectivity index (χ4v) is 4.39. The number of hydrogen-bond acceptors (Lipinski definition) is 7. The van der Waals surface area contributed by atoms with E-state index >= 15 is 0 Å². The first-order chi connectivity index (χ1) is 15.8. The number of hydrogen-bond donors (Lipinski definition) is 1. The minimum absolute atomic E-state index is 0.180. The molecule has 1 aromatic carbocycles. The highest BCUT2D eigenvalue weighted by atomic mass is 32.2. The minimum atomic E-state index is -0.775. The lowest BCUT2D eigenvalue weighted by Crippen LogP contribution is -2.35. The van der Waals surface area contributed by atoms with Crippen molar-refractivity contribution in [3.8, 4) is 5.75 Å². The minimum Gasteiger partial charge on any atom is -0.493 e. The average Bonchev–Trinajstić information content (AvgIpc) is 3.04. The van der Waals surface area contributed by atoms with Crippen LogP contribution in [0.3, 0.4) is 0 Å². The molecular weight excluding hydrogens is 440 g/mol. The van der Waals surface area contributed by atoms with Gasteiger partial charge in [0.2, 0.25) is 5.91 Å². The molecule has 2 heterocycles. The third kappa shape index (κ3) is 7.05. The Morgan fingerprint density at radius 2 is 1.94 bits per heavy atom. The van der Waals surface area contributed by atoms with Crippen LogP contribution < -0.4 is 10.1 Å². The smallest absolute Gasteiger partial charge is 0.306 e. The summed E-state index contributed by atoms with van der Waals surface area (Å²) in [7, 11) is 0. The zero-order valence-electron chi connectivity index (χ0n) is 19.3. The number of benzene rings is 1. The highest BCUT2D eigenvalue weighted by Crippen LogP contribution is 2.34. The lowest BCUT2D eigenvalue weighted by Gasteiger charge is -2.18. The second kappa shape index (κ2) is 11.3. The number of unbranched alkanes of at least 4 members (excludes halogenated alkanes) is 1. The van der Waals surface area contributed by atoms with Gasteiger partial charge in [0, 0.05) is 30.3 Å². The number of rotatable bonds is 11. The maximum absolute atomic E-state index is 12.0. The first kappa shape index (κ1) is 24.8. The van der Waals surface area contributed by atoms with Crippen molar-refractivity contribution in [2.45, 2.75) is 63.7 Å². The number of nitrogens with zero attached hydrogens (tertiary/aromatic N) is 1. The number of pyridine rings is 1. The first-order valence-corrected chi connectivity index (χ1v) is 12.0. The fraction of sp³-hybridized carbons (Fsp3) is 0.440. The molecule has 2 aromatic rings. The molecule has 7 nitrogen and oxygen atoms in total. The number of carbonyl (C=O) groups excluding carboxylic acids is 3. The Kier molecular flexibility index (Phi) is 8.49. The van der Waals surface area contributed by atoms with Gasteiger partial charge in [-0.3, -0.25) is 24.7 Å². The van der Waals surface area contributed by atoms with Gasteiger partial charge < -0.3 is 9.47 Å². The number of imide groups is 1. The van der Waals surface area contributed by atoms with Crippen LogP contribution in [-0.4, -0.2) is 33.5 Å². The van der Waals surface area contributed by atoms with Crippen LogP contribution in [0.15, 0.2) is 42.6 Å². The summed E-state index contributed by atoms with van der Waals surface area (Å²) < 4.78 is 10.5. The quantitative estimate of drug-likeness (QED) is 0.472. The van der Waals surface area contributed by atoms with Crippen LogP contribution in [0.1, 0.15) is 63.0 Å². The standard InChI is InChI=1S/C25H30N2O5S/c1-4-5-6-22(28)32-17(2)19-9-10-20(26-16-19)13-14-31-21-11-7-18(8-12-21)15-25(3)23(29)27-24(30)33-25/h7-12,16-17H,4-6,13-15H2,1-3H3,(H,27,29,30)/t17?,25-/m1/s1. The summed E-state index contributed by atoms with van der Waals surface area (Å²) in [4.78, 5) is 39.7. The molecule has 0 aliphatic carbocycles. The fourth-order valence-electron chi connectivity index (χ4n) is 3.45. The van der Waals surface area contributed by atoms with Crippen molar-refractivity contribution in [2.75, 3.05) is 6.61 Å². The molecule has 0 bridgehead atoms. The Hall–Kier alpha value is -2.87. The molecule has 1 saturated heterocycles. The summed E-state index contributed by atoms with van der Waals surface area (Å²) in [6, 6.07) is 11.4. The molecular formula is C25H30N2O5S. The molecule has 1 fully saturated rings. The van der Waals surface area contributed by atoms with Gasteiger partial charge in [-0.15, -0.1) is 0 Å². The summed E-state index contributed by atoms with van der Waals surface area (Å²) in [5, 5.41) is 2.04. The topological polar surface area (TPSA) is 94.6 Å². The molecule has 2 amide bonds. The van der Waals surface area contributed by atoms with Gasteiger partial charge in [-0.05, 0) is 62.2 Å². The Balaban J connectivity index is 1.44. The van der Waals surface area contributed by atoms with Gasteiger partial charge in [-0.25, -0.2) is 0 Å². The highest BCUT2D eigenvalue weighted by Gasteiger charge is 2.43. The molecule has 1 unspecified atom stereocenters. The van der Waals surface area contributed by atoms with Gasteiger partial charge in [-0.2, -0.15) is 0 Å². The molecule has 33 heavy (non-hydrogen) atoms. The van der Waals surface area contributed by atoms with Gasteiger partial charge in [0.1, 0.15) is 16.6 Å². The second-order valence-electron chi connectivity index (χ2n) is 8.31. The largest absolute Gasteiger partial charge is 0.493 e. The van der Waals surface area contributed by atoms with Crippen molar-refractivity contribution >= 4 is 28.9 Å². The molecule has 1 aliphatic heterocycles. The van der Waals surface area contributed by atoms with Crippen molar-refractivity contribution in [2.24, 2.45) is 0 Å². The molecule has 2 atom stereocenters. The maximum atomic E-state index is 12.0. The van der Waals surface area contributed by atoms with Crippen LogP contribution in [0.4, 0.5) is 4.79 Å². The summed E-state index contributed by atoms with van der Waals surface area (Å²) in [5.74, 6) is 0.300. The number of esters is 1. The Morgan fingerprint density at radius 1 is 1.18 bits per heavy atom. The van der Waals surface area contributed by atoms with Crippen molar-refractivity contribution in [1.29, 1.82) is 0 Å². The van der Waals surface area contributed by atoms with Crippen LogP contribution in [0.25, 0.3) is 0 Å². The van der Waals surface area contributed by atoms with E-state index in [0.717, 1.165) is 47.2 Å². The number of aromatic nitrogens is 1. The molecule has 0 spiro atoms. The number of amides is 2. The lowest BCUT2D eigenvalue weighted by molar-refractivity contribution is -0.148. The van der Waals surface area contributed by atoms with Crippen LogP contribution in [0, 0.1) is 0 Å². The van der Waals surface area contributed by atoms with Crippen LogP contribution in [0.5, 0.6) is 5.75 Å². The SMILES string of the molecule is CCCCC(=O)OC(C)c1ccc(CCOc2ccc(C[C@@]3(C)SC(=O)NC3=O)cc2)nc1. The van der Waals surface area contributed by atoms with E-state index in [1.807, 2.05) is 50.2 Å². The average molecular weight is 471 g/mol. The number of thioether (sulfide) groups is 1. The van der Waals surface area contributed by atoms with Crippen molar-refractivity contribution < 1.29 is 23.9 Å². The van der Waals surface area contributed by atoms with Gasteiger partial charge in [0.15, 0.2) is 0 Å². The van der Waals surface area contributed by atoms with E-state index in [1.54, 1.807) is 13.1 Å². The van der Waals surface area contributed by atoms with Gasteiger partial charge in [-0.1, -0.05) is 31.5 Å². The van der Waals surface area contributed by atoms with Crippen LogP contribution in [0.2, 0.25) is 0 Å². The van der Waals surface area contributed by atoms with Gasteiger partial charge >= 0.3 is 5.97 Å². The third-order valence-corrected chi connectivity index (χ3v) is 6.53. The zero-order chi connectivity index (χ0) is 23.8. The van der Waals surface area contributed by atoms with E-state index in [1.165, 1.54) is 0 Å².